The molecule has 0 saturated carbocycles. The van der Waals surface area contributed by atoms with Gasteiger partial charge in [0.15, 0.2) is 0 Å². The van der Waals surface area contributed by atoms with Gasteiger partial charge in [0.25, 0.3) is 5.91 Å². The van der Waals surface area contributed by atoms with E-state index < -0.39 is 17.7 Å². The summed E-state index contributed by atoms with van der Waals surface area (Å²) in [6.07, 6.45) is 3.86. The van der Waals surface area contributed by atoms with Crippen LogP contribution in [-0.4, -0.2) is 18.5 Å². The minimum Gasteiger partial charge on any atom is -0.462 e. The maximum absolute atomic E-state index is 13.4. The van der Waals surface area contributed by atoms with E-state index in [-0.39, 0.29) is 12.2 Å². The predicted octanol–water partition coefficient (Wildman–Crippen LogP) is 4.83. The Hall–Kier alpha value is -2.21. The van der Waals surface area contributed by atoms with Crippen LogP contribution in [-0.2, 0) is 17.6 Å². The molecule has 1 heterocycles. The third-order valence-electron chi connectivity index (χ3n) is 4.74. The number of fused-ring (bicyclic) bond motifs is 1. The van der Waals surface area contributed by atoms with E-state index in [1.165, 1.54) is 29.5 Å². The molecule has 6 heteroatoms. The lowest BCUT2D eigenvalue weighted by atomic mass is 9.85. The van der Waals surface area contributed by atoms with E-state index in [1.54, 1.807) is 13.0 Å². The van der Waals surface area contributed by atoms with Gasteiger partial charge in [0.05, 0.1) is 12.2 Å². The summed E-state index contributed by atoms with van der Waals surface area (Å²) < 4.78 is 18.6. The number of benzene rings is 1. The summed E-state index contributed by atoms with van der Waals surface area (Å²) in [6, 6.07) is 5.50. The standard InChI is InChI=1S/C20H22FNO3S/c1-3-12-8-9-15-16(10-12)26-19(17(15)20(24)25-4-2)22-18(23)13-6-5-7-14(21)11-13/h5-7,11-12H,3-4,8-10H2,1-2H3,(H,22,23)/t12-/m1/s1. The van der Waals surface area contributed by atoms with Crippen LogP contribution in [0.3, 0.4) is 0 Å². The number of nitrogens with one attached hydrogen (secondary N) is 1. The van der Waals surface area contributed by atoms with Crippen LogP contribution in [0.5, 0.6) is 0 Å². The second-order valence-corrected chi connectivity index (χ2v) is 7.52. The van der Waals surface area contributed by atoms with E-state index in [1.807, 2.05) is 0 Å². The zero-order chi connectivity index (χ0) is 18.7. The molecule has 0 radical (unpaired) electrons. The summed E-state index contributed by atoms with van der Waals surface area (Å²) in [7, 11) is 0. The molecule has 4 nitrogen and oxygen atoms in total. The average molecular weight is 375 g/mol. The SMILES string of the molecule is CCOC(=O)c1c(NC(=O)c2cccc(F)c2)sc2c1CC[C@@H](CC)C2. The number of hydrogen-bond acceptors (Lipinski definition) is 4. The van der Waals surface area contributed by atoms with E-state index in [0.29, 0.717) is 16.5 Å². The van der Waals surface area contributed by atoms with Gasteiger partial charge in [-0.3, -0.25) is 4.79 Å². The Bertz CT molecular complexity index is 830. The monoisotopic (exact) mass is 375 g/mol. The highest BCUT2D eigenvalue weighted by atomic mass is 32.1. The van der Waals surface area contributed by atoms with Crippen molar-refractivity contribution in [2.45, 2.75) is 39.5 Å². The molecule has 0 spiro atoms. The number of amides is 1. The molecular formula is C20H22FNO3S. The van der Waals surface area contributed by atoms with Crippen molar-refractivity contribution in [3.05, 3.63) is 51.7 Å². The van der Waals surface area contributed by atoms with Crippen molar-refractivity contribution in [3.8, 4) is 0 Å². The Kier molecular flexibility index (Phi) is 5.71. The van der Waals surface area contributed by atoms with Crippen LogP contribution >= 0.6 is 11.3 Å². The van der Waals surface area contributed by atoms with Gasteiger partial charge >= 0.3 is 5.97 Å². The van der Waals surface area contributed by atoms with E-state index in [0.717, 1.165) is 36.1 Å². The Labute approximate surface area is 156 Å². The largest absolute Gasteiger partial charge is 0.462 e. The minimum absolute atomic E-state index is 0.220. The normalized spacial score (nSPS) is 16.0. The highest BCUT2D eigenvalue weighted by molar-refractivity contribution is 7.17. The van der Waals surface area contributed by atoms with Crippen LogP contribution in [0.2, 0.25) is 0 Å². The number of halogens is 1. The van der Waals surface area contributed by atoms with Gasteiger partial charge in [0.2, 0.25) is 0 Å². The Balaban J connectivity index is 1.94. The van der Waals surface area contributed by atoms with E-state index >= 15 is 0 Å². The van der Waals surface area contributed by atoms with Crippen LogP contribution in [0, 0.1) is 11.7 Å². The molecule has 0 unspecified atom stereocenters. The fraction of sp³-hybridized carbons (Fsp3) is 0.400. The first kappa shape index (κ1) is 18.6. The summed E-state index contributed by atoms with van der Waals surface area (Å²) in [4.78, 5) is 26.1. The molecule has 3 rings (SSSR count). The lowest BCUT2D eigenvalue weighted by Crippen LogP contribution is -2.17. The van der Waals surface area contributed by atoms with Gasteiger partial charge in [-0.25, -0.2) is 9.18 Å². The van der Waals surface area contributed by atoms with Gasteiger partial charge in [-0.1, -0.05) is 19.4 Å². The van der Waals surface area contributed by atoms with E-state index in [4.69, 9.17) is 4.74 Å². The van der Waals surface area contributed by atoms with Crippen molar-refractivity contribution in [1.82, 2.24) is 0 Å². The Morgan fingerprint density at radius 1 is 1.35 bits per heavy atom. The molecule has 138 valence electrons. The molecule has 1 aromatic carbocycles. The number of carbonyl (C=O) groups excluding carboxylic acids is 2. The zero-order valence-electron chi connectivity index (χ0n) is 14.9. The molecule has 1 N–H and O–H groups in total. The van der Waals surface area contributed by atoms with Crippen molar-refractivity contribution in [2.24, 2.45) is 5.92 Å². The third-order valence-corrected chi connectivity index (χ3v) is 5.91. The molecule has 0 aliphatic heterocycles. The van der Waals surface area contributed by atoms with Crippen LogP contribution in [0.1, 0.15) is 57.8 Å². The topological polar surface area (TPSA) is 55.4 Å². The van der Waals surface area contributed by atoms with Gasteiger partial charge in [0.1, 0.15) is 10.8 Å². The number of esters is 1. The number of carbonyl (C=O) groups is 2. The first-order chi connectivity index (χ1) is 12.5. The average Bonchev–Trinajstić information content (AvgIpc) is 2.98. The molecule has 1 atom stereocenters. The second kappa shape index (κ2) is 7.99. The smallest absolute Gasteiger partial charge is 0.341 e. The van der Waals surface area contributed by atoms with Crippen LogP contribution < -0.4 is 5.32 Å². The first-order valence-corrected chi connectivity index (χ1v) is 9.73. The van der Waals surface area contributed by atoms with Crippen molar-refractivity contribution in [1.29, 1.82) is 0 Å². The number of anilines is 1. The Morgan fingerprint density at radius 2 is 2.15 bits per heavy atom. The third kappa shape index (κ3) is 3.80. The molecule has 0 saturated heterocycles. The van der Waals surface area contributed by atoms with Crippen molar-refractivity contribution in [3.63, 3.8) is 0 Å². The van der Waals surface area contributed by atoms with Gasteiger partial charge in [-0.05, 0) is 55.9 Å². The quantitative estimate of drug-likeness (QED) is 0.762. The maximum atomic E-state index is 13.4. The summed E-state index contributed by atoms with van der Waals surface area (Å²) in [5.41, 5.74) is 1.68. The van der Waals surface area contributed by atoms with Crippen LogP contribution in [0.4, 0.5) is 9.39 Å². The maximum Gasteiger partial charge on any atom is 0.341 e. The van der Waals surface area contributed by atoms with E-state index in [9.17, 15) is 14.0 Å². The second-order valence-electron chi connectivity index (χ2n) is 6.41. The predicted molar refractivity (Wildman–Crippen MR) is 100 cm³/mol. The molecule has 0 bridgehead atoms. The van der Waals surface area contributed by atoms with Gasteiger partial charge in [-0.2, -0.15) is 0 Å². The molecule has 2 aromatic rings. The number of ether oxygens (including phenoxy) is 1. The highest BCUT2D eigenvalue weighted by Crippen LogP contribution is 2.41. The number of thiophene rings is 1. The van der Waals surface area contributed by atoms with Crippen molar-refractivity contribution in [2.75, 3.05) is 11.9 Å². The fourth-order valence-electron chi connectivity index (χ4n) is 3.31. The van der Waals surface area contributed by atoms with E-state index in [2.05, 4.69) is 12.2 Å². The number of hydrogen-bond donors (Lipinski definition) is 1. The lowest BCUT2D eigenvalue weighted by molar-refractivity contribution is 0.0526. The Morgan fingerprint density at radius 3 is 2.85 bits per heavy atom. The van der Waals surface area contributed by atoms with Gasteiger partial charge in [0, 0.05) is 10.4 Å². The summed E-state index contributed by atoms with van der Waals surface area (Å²) in [5.74, 6) is -0.710. The highest BCUT2D eigenvalue weighted by Gasteiger charge is 2.30. The van der Waals surface area contributed by atoms with Gasteiger partial charge in [-0.15, -0.1) is 11.3 Å². The summed E-state index contributed by atoms with van der Waals surface area (Å²) >= 11 is 1.44. The molecule has 1 aliphatic carbocycles. The summed E-state index contributed by atoms with van der Waals surface area (Å²) in [5, 5.41) is 3.30. The van der Waals surface area contributed by atoms with Crippen molar-refractivity contribution < 1.29 is 18.7 Å². The molecule has 0 fully saturated rings. The molecular weight excluding hydrogens is 353 g/mol. The van der Waals surface area contributed by atoms with Crippen molar-refractivity contribution >= 4 is 28.2 Å². The lowest BCUT2D eigenvalue weighted by Gasteiger charge is -2.20. The fourth-order valence-corrected chi connectivity index (χ4v) is 4.66. The van der Waals surface area contributed by atoms with Crippen LogP contribution in [0.25, 0.3) is 0 Å². The van der Waals surface area contributed by atoms with Crippen LogP contribution in [0.15, 0.2) is 24.3 Å². The minimum atomic E-state index is -0.473. The first-order valence-electron chi connectivity index (χ1n) is 8.92. The van der Waals surface area contributed by atoms with Gasteiger partial charge < -0.3 is 10.1 Å². The molecule has 1 aromatic heterocycles. The molecule has 1 aliphatic rings. The molecule has 26 heavy (non-hydrogen) atoms. The number of rotatable bonds is 5. The molecule has 1 amide bonds. The zero-order valence-corrected chi connectivity index (χ0v) is 15.7. The summed E-state index contributed by atoms with van der Waals surface area (Å²) in [6.45, 7) is 4.20.